The number of hydrogen-bond acceptors (Lipinski definition) is 0. The van der Waals surface area contributed by atoms with Gasteiger partial charge in [0.15, 0.2) is 0 Å². The van der Waals surface area contributed by atoms with E-state index >= 15 is 0 Å². The predicted molar refractivity (Wildman–Crippen MR) is 115 cm³/mol. The van der Waals surface area contributed by atoms with Crippen LogP contribution in [0.3, 0.4) is 0 Å². The van der Waals surface area contributed by atoms with E-state index in [9.17, 15) is 0 Å². The van der Waals surface area contributed by atoms with Gasteiger partial charge >= 0.3 is 0 Å². The number of hydrogen-bond donors (Lipinski definition) is 0. The van der Waals surface area contributed by atoms with Gasteiger partial charge in [-0.2, -0.15) is 0 Å². The average Bonchev–Trinajstić information content (AvgIpc) is 2.63. The second kappa shape index (κ2) is 23.6. The molecule has 0 spiro atoms. The van der Waals surface area contributed by atoms with Crippen LogP contribution in [-0.4, -0.2) is 0 Å². The van der Waals surface area contributed by atoms with E-state index in [-0.39, 0.29) is 0 Å². The van der Waals surface area contributed by atoms with Crippen LogP contribution in [0.1, 0.15) is 135 Å². The smallest absolute Gasteiger partial charge is 0.00886 e. The summed E-state index contributed by atoms with van der Waals surface area (Å²) < 4.78 is 0. The molecule has 25 heavy (non-hydrogen) atoms. The van der Waals surface area contributed by atoms with Crippen LogP contribution in [-0.2, 0) is 0 Å². The molecule has 0 fully saturated rings. The van der Waals surface area contributed by atoms with Crippen LogP contribution in [0.5, 0.6) is 0 Å². The van der Waals surface area contributed by atoms with Crippen LogP contribution < -0.4 is 0 Å². The largest absolute Gasteiger partial charge is 0.103 e. The van der Waals surface area contributed by atoms with E-state index < -0.39 is 0 Å². The highest BCUT2D eigenvalue weighted by atomic mass is 14.0. The molecule has 0 aromatic rings. The first-order valence-corrected chi connectivity index (χ1v) is 11.5. The molecule has 0 rings (SSSR count). The molecule has 0 aliphatic heterocycles. The van der Waals surface area contributed by atoms with Gasteiger partial charge in [0.25, 0.3) is 0 Å². The highest BCUT2D eigenvalue weighted by molar-refractivity contribution is 4.98. The summed E-state index contributed by atoms with van der Waals surface area (Å²) in [6.45, 7) is 7.79. The van der Waals surface area contributed by atoms with E-state index in [1.54, 1.807) is 0 Å². The Kier molecular flexibility index (Phi) is 23.1. The van der Waals surface area contributed by atoms with Crippen molar-refractivity contribution in [2.24, 2.45) is 0 Å². The van der Waals surface area contributed by atoms with Crippen LogP contribution >= 0.6 is 0 Å². The van der Waals surface area contributed by atoms with Gasteiger partial charge in [0.2, 0.25) is 0 Å². The van der Waals surface area contributed by atoms with Gasteiger partial charge in [-0.15, -0.1) is 11.8 Å². The van der Waals surface area contributed by atoms with Crippen LogP contribution in [0.2, 0.25) is 0 Å². The summed E-state index contributed by atoms with van der Waals surface area (Å²) in [5.74, 6) is 6.74. The van der Waals surface area contributed by atoms with Gasteiger partial charge in [0, 0.05) is 12.8 Å². The first-order chi connectivity index (χ1) is 12.4. The summed E-state index contributed by atoms with van der Waals surface area (Å²) in [4.78, 5) is 0. The first kappa shape index (κ1) is 24.6. The predicted octanol–water partition coefficient (Wildman–Crippen LogP) is 8.85. The minimum atomic E-state index is 1.10. The molecule has 0 heterocycles. The van der Waals surface area contributed by atoms with E-state index in [0.717, 1.165) is 25.7 Å². The van der Waals surface area contributed by atoms with E-state index in [0.29, 0.717) is 0 Å². The Morgan fingerprint density at radius 3 is 0.840 bits per heavy atom. The zero-order valence-corrected chi connectivity index (χ0v) is 17.3. The van der Waals surface area contributed by atoms with Gasteiger partial charge in [0.1, 0.15) is 0 Å². The summed E-state index contributed by atoms with van der Waals surface area (Å²) in [6.07, 6.45) is 28.0. The second-order valence-corrected chi connectivity index (χ2v) is 7.57. The van der Waals surface area contributed by atoms with Crippen molar-refractivity contribution in [2.45, 2.75) is 135 Å². The SMILES string of the molecule is [CH2]CCCCCCCCCC#CCCCCCCCCCCCC[CH2]. The monoisotopic (exact) mass is 346 g/mol. The van der Waals surface area contributed by atoms with E-state index in [2.05, 4.69) is 25.7 Å². The van der Waals surface area contributed by atoms with Gasteiger partial charge in [-0.05, 0) is 12.8 Å². The minimum absolute atomic E-state index is 1.10. The Balaban J connectivity index is 3.07. The van der Waals surface area contributed by atoms with Gasteiger partial charge in [-0.3, -0.25) is 0 Å². The van der Waals surface area contributed by atoms with Crippen molar-refractivity contribution in [3.8, 4) is 11.8 Å². The molecule has 0 unspecified atom stereocenters. The second-order valence-electron chi connectivity index (χ2n) is 7.57. The van der Waals surface area contributed by atoms with Crippen molar-refractivity contribution >= 4 is 0 Å². The summed E-state index contributed by atoms with van der Waals surface area (Å²) >= 11 is 0. The topological polar surface area (TPSA) is 0 Å². The Morgan fingerprint density at radius 1 is 0.320 bits per heavy atom. The van der Waals surface area contributed by atoms with Gasteiger partial charge in [-0.25, -0.2) is 0 Å². The van der Waals surface area contributed by atoms with Crippen molar-refractivity contribution in [3.05, 3.63) is 13.8 Å². The third-order valence-corrected chi connectivity index (χ3v) is 4.98. The summed E-state index contributed by atoms with van der Waals surface area (Å²) in [6, 6.07) is 0. The molecule has 0 aliphatic rings. The van der Waals surface area contributed by atoms with Crippen molar-refractivity contribution in [1.29, 1.82) is 0 Å². The lowest BCUT2D eigenvalue weighted by Crippen LogP contribution is -1.82. The summed E-state index contributed by atoms with van der Waals surface area (Å²) in [5.41, 5.74) is 0. The zero-order chi connectivity index (χ0) is 18.3. The molecule has 2 radical (unpaired) electrons. The van der Waals surface area contributed by atoms with E-state index in [1.165, 1.54) is 109 Å². The molecule has 0 bridgehead atoms. The fourth-order valence-corrected chi connectivity index (χ4v) is 3.26. The molecule has 0 atom stereocenters. The van der Waals surface area contributed by atoms with Crippen LogP contribution in [0.15, 0.2) is 0 Å². The van der Waals surface area contributed by atoms with Crippen molar-refractivity contribution in [2.75, 3.05) is 0 Å². The van der Waals surface area contributed by atoms with Crippen LogP contribution in [0, 0.1) is 25.7 Å². The minimum Gasteiger partial charge on any atom is -0.103 e. The fourth-order valence-electron chi connectivity index (χ4n) is 3.26. The van der Waals surface area contributed by atoms with Crippen molar-refractivity contribution in [3.63, 3.8) is 0 Å². The average molecular weight is 347 g/mol. The Bertz CT molecular complexity index is 280. The Labute approximate surface area is 160 Å². The van der Waals surface area contributed by atoms with Gasteiger partial charge < -0.3 is 0 Å². The molecule has 0 aliphatic carbocycles. The van der Waals surface area contributed by atoms with Gasteiger partial charge in [-0.1, -0.05) is 123 Å². The molecule has 0 saturated heterocycles. The molecule has 0 N–H and O–H groups in total. The van der Waals surface area contributed by atoms with Crippen molar-refractivity contribution in [1.82, 2.24) is 0 Å². The lowest BCUT2D eigenvalue weighted by atomic mass is 10.1. The van der Waals surface area contributed by atoms with Crippen molar-refractivity contribution < 1.29 is 0 Å². The highest BCUT2D eigenvalue weighted by Crippen LogP contribution is 2.12. The third kappa shape index (κ3) is 23.6. The third-order valence-electron chi connectivity index (χ3n) is 4.98. The maximum absolute atomic E-state index is 3.90. The maximum atomic E-state index is 3.90. The standard InChI is InChI=1S/C25H46/c1-3-5-7-9-11-13-15-17-19-21-23-25-24-22-20-18-16-14-12-10-8-6-4-2/h1-21,23,25H2. The van der Waals surface area contributed by atoms with E-state index in [1.807, 2.05) is 0 Å². The zero-order valence-electron chi connectivity index (χ0n) is 17.3. The number of rotatable bonds is 19. The molecule has 0 saturated carbocycles. The quantitative estimate of drug-likeness (QED) is 0.162. The highest BCUT2D eigenvalue weighted by Gasteiger charge is 1.93. The molecule has 146 valence electrons. The normalized spacial score (nSPS) is 10.6. The Hall–Kier alpha value is -0.440. The molecular weight excluding hydrogens is 300 g/mol. The number of unbranched alkanes of at least 4 members (excludes halogenated alkanes) is 19. The van der Waals surface area contributed by atoms with Gasteiger partial charge in [0.05, 0.1) is 0 Å². The Morgan fingerprint density at radius 2 is 0.560 bits per heavy atom. The van der Waals surface area contributed by atoms with Crippen LogP contribution in [0.4, 0.5) is 0 Å². The first-order valence-electron chi connectivity index (χ1n) is 11.5. The summed E-state index contributed by atoms with van der Waals surface area (Å²) in [5, 5.41) is 0. The molecular formula is C25H46. The lowest BCUT2D eigenvalue weighted by molar-refractivity contribution is 0.554. The molecule has 0 heteroatoms. The molecule has 0 aromatic heterocycles. The lowest BCUT2D eigenvalue weighted by Gasteiger charge is -2.01. The van der Waals surface area contributed by atoms with Crippen LogP contribution in [0.25, 0.3) is 0 Å². The molecule has 0 aromatic carbocycles. The maximum Gasteiger partial charge on any atom is 0.00886 e. The fraction of sp³-hybridized carbons (Fsp3) is 0.840. The summed E-state index contributed by atoms with van der Waals surface area (Å²) in [7, 11) is 0. The molecule has 0 amide bonds. The molecule has 0 nitrogen and oxygen atoms in total. The van der Waals surface area contributed by atoms with E-state index in [4.69, 9.17) is 0 Å².